The predicted octanol–water partition coefficient (Wildman–Crippen LogP) is 0.890. The van der Waals surface area contributed by atoms with Gasteiger partial charge in [0.25, 0.3) is 0 Å². The molecule has 0 saturated carbocycles. The fourth-order valence-corrected chi connectivity index (χ4v) is 1.48. The van der Waals surface area contributed by atoms with Crippen molar-refractivity contribution >= 4 is 0 Å². The van der Waals surface area contributed by atoms with Gasteiger partial charge in [-0.25, -0.2) is 0 Å². The number of rotatable bonds is 4. The fourth-order valence-electron chi connectivity index (χ4n) is 1.48. The Bertz CT molecular complexity index is 245. The summed E-state index contributed by atoms with van der Waals surface area (Å²) in [4.78, 5) is 0. The monoisotopic (exact) mass is 197 g/mol. The maximum atomic E-state index is 5.55. The van der Waals surface area contributed by atoms with Crippen molar-refractivity contribution in [3.8, 4) is 0 Å². The lowest BCUT2D eigenvalue weighted by Gasteiger charge is -2.22. The molecule has 1 N–H and O–H groups in total. The highest BCUT2D eigenvalue weighted by Crippen LogP contribution is 2.13. The Balaban J connectivity index is 1.62. The number of nitrogens with zero attached hydrogens (tertiary/aromatic N) is 2. The molecule has 1 aromatic rings. The Hall–Kier alpha value is -0.940. The minimum atomic E-state index is -0.00403. The number of nitrogens with one attached hydrogen (secondary N) is 1. The van der Waals surface area contributed by atoms with E-state index in [1.165, 1.54) is 6.42 Å². The van der Waals surface area contributed by atoms with Gasteiger partial charge in [-0.3, -0.25) is 0 Å². The second-order valence-electron chi connectivity index (χ2n) is 3.38. The molecule has 1 aliphatic heterocycles. The summed E-state index contributed by atoms with van der Waals surface area (Å²) in [6.45, 7) is 1.48. The lowest BCUT2D eigenvalue weighted by atomic mass is 10.2. The molecular formula is C9H15N3O2. The molecule has 1 fully saturated rings. The van der Waals surface area contributed by atoms with Crippen LogP contribution in [0.3, 0.4) is 0 Å². The molecule has 0 amide bonds. The second-order valence-corrected chi connectivity index (χ2v) is 3.38. The lowest BCUT2D eigenvalue weighted by Crippen LogP contribution is -2.23. The average molecular weight is 197 g/mol. The van der Waals surface area contributed by atoms with E-state index in [2.05, 4.69) is 15.4 Å². The largest absolute Gasteiger partial charge is 0.353 e. The molecule has 78 valence electrons. The molecular weight excluding hydrogens is 182 g/mol. The number of ether oxygens (including phenoxy) is 2. The third-order valence-corrected chi connectivity index (χ3v) is 2.26. The Morgan fingerprint density at radius 2 is 2.57 bits per heavy atom. The van der Waals surface area contributed by atoms with Gasteiger partial charge >= 0.3 is 0 Å². The molecule has 0 aliphatic carbocycles. The number of H-pyrrole nitrogens is 1. The van der Waals surface area contributed by atoms with Crippen molar-refractivity contribution in [3.05, 3.63) is 11.9 Å². The summed E-state index contributed by atoms with van der Waals surface area (Å²) in [5.41, 5.74) is 0.931. The summed E-state index contributed by atoms with van der Waals surface area (Å²) in [6, 6.07) is 0. The van der Waals surface area contributed by atoms with E-state index in [-0.39, 0.29) is 6.29 Å². The molecule has 2 heterocycles. The van der Waals surface area contributed by atoms with Gasteiger partial charge in [0, 0.05) is 13.0 Å². The zero-order chi connectivity index (χ0) is 9.64. The number of aromatic amines is 1. The van der Waals surface area contributed by atoms with Crippen LogP contribution in [0.15, 0.2) is 6.20 Å². The van der Waals surface area contributed by atoms with Crippen molar-refractivity contribution in [2.45, 2.75) is 32.0 Å². The van der Waals surface area contributed by atoms with Crippen LogP contribution < -0.4 is 0 Å². The normalized spacial score (nSPS) is 22.4. The first-order valence-electron chi connectivity index (χ1n) is 5.03. The zero-order valence-corrected chi connectivity index (χ0v) is 8.11. The molecule has 1 unspecified atom stereocenters. The van der Waals surface area contributed by atoms with Gasteiger partial charge < -0.3 is 9.47 Å². The predicted molar refractivity (Wildman–Crippen MR) is 49.6 cm³/mol. The van der Waals surface area contributed by atoms with E-state index < -0.39 is 0 Å². The highest BCUT2D eigenvalue weighted by molar-refractivity contribution is 4.89. The van der Waals surface area contributed by atoms with Gasteiger partial charge in [-0.1, -0.05) is 0 Å². The maximum absolute atomic E-state index is 5.55. The zero-order valence-electron chi connectivity index (χ0n) is 8.11. The van der Waals surface area contributed by atoms with Crippen LogP contribution in [0.4, 0.5) is 0 Å². The van der Waals surface area contributed by atoms with Gasteiger partial charge in [-0.2, -0.15) is 15.4 Å². The molecule has 0 aromatic carbocycles. The number of aromatic nitrogens is 3. The van der Waals surface area contributed by atoms with Crippen LogP contribution >= 0.6 is 0 Å². The first-order valence-corrected chi connectivity index (χ1v) is 5.03. The number of hydrogen-bond acceptors (Lipinski definition) is 4. The Morgan fingerprint density at radius 3 is 3.29 bits per heavy atom. The van der Waals surface area contributed by atoms with E-state index in [1.54, 1.807) is 6.20 Å². The highest BCUT2D eigenvalue weighted by atomic mass is 16.7. The molecule has 1 aliphatic rings. The van der Waals surface area contributed by atoms with E-state index in [9.17, 15) is 0 Å². The smallest absolute Gasteiger partial charge is 0.157 e. The van der Waals surface area contributed by atoms with Crippen molar-refractivity contribution in [1.29, 1.82) is 0 Å². The van der Waals surface area contributed by atoms with Crippen LogP contribution in [-0.4, -0.2) is 34.9 Å². The average Bonchev–Trinajstić information content (AvgIpc) is 2.72. The minimum absolute atomic E-state index is 0.00403. The van der Waals surface area contributed by atoms with Gasteiger partial charge in [-0.05, 0) is 19.3 Å². The molecule has 0 bridgehead atoms. The van der Waals surface area contributed by atoms with E-state index in [4.69, 9.17) is 9.47 Å². The lowest BCUT2D eigenvalue weighted by molar-refractivity contribution is -0.161. The standard InChI is InChI=1S/C9H15N3O2/c1-2-5-13-9(3-1)14-6-4-8-7-10-12-11-8/h7,9H,1-6H2,(H,10,11,12). The molecule has 2 rings (SSSR count). The molecule has 5 heteroatoms. The van der Waals surface area contributed by atoms with Crippen molar-refractivity contribution < 1.29 is 9.47 Å². The Labute approximate surface area is 82.8 Å². The van der Waals surface area contributed by atoms with E-state index in [1.807, 2.05) is 0 Å². The maximum Gasteiger partial charge on any atom is 0.157 e. The molecule has 0 radical (unpaired) electrons. The minimum Gasteiger partial charge on any atom is -0.353 e. The molecule has 14 heavy (non-hydrogen) atoms. The first kappa shape index (κ1) is 9.61. The van der Waals surface area contributed by atoms with Gasteiger partial charge in [0.05, 0.1) is 18.5 Å². The summed E-state index contributed by atoms with van der Waals surface area (Å²) in [5, 5.41) is 10.2. The fraction of sp³-hybridized carbons (Fsp3) is 0.778. The van der Waals surface area contributed by atoms with Gasteiger partial charge in [0.1, 0.15) is 0 Å². The molecule has 1 aromatic heterocycles. The van der Waals surface area contributed by atoms with Crippen molar-refractivity contribution in [3.63, 3.8) is 0 Å². The summed E-state index contributed by atoms with van der Waals surface area (Å²) < 4.78 is 11.0. The van der Waals surface area contributed by atoms with Crippen molar-refractivity contribution in [2.75, 3.05) is 13.2 Å². The van der Waals surface area contributed by atoms with Crippen molar-refractivity contribution in [1.82, 2.24) is 15.4 Å². The quantitative estimate of drug-likeness (QED) is 0.778. The summed E-state index contributed by atoms with van der Waals surface area (Å²) >= 11 is 0. The highest BCUT2D eigenvalue weighted by Gasteiger charge is 2.13. The SMILES string of the molecule is c1n[nH]nc1CCOC1CCCCO1. The van der Waals surface area contributed by atoms with Gasteiger partial charge in [0.15, 0.2) is 6.29 Å². The van der Waals surface area contributed by atoms with Gasteiger partial charge in [0.2, 0.25) is 0 Å². The first-order chi connectivity index (χ1) is 6.95. The molecule has 1 saturated heterocycles. The Kier molecular flexibility index (Phi) is 3.48. The van der Waals surface area contributed by atoms with Crippen LogP contribution in [0.5, 0.6) is 0 Å². The van der Waals surface area contributed by atoms with Crippen LogP contribution in [0, 0.1) is 0 Å². The summed E-state index contributed by atoms with van der Waals surface area (Å²) in [7, 11) is 0. The molecule has 5 nitrogen and oxygen atoms in total. The summed E-state index contributed by atoms with van der Waals surface area (Å²) in [6.07, 6.45) is 5.87. The van der Waals surface area contributed by atoms with E-state index in [0.29, 0.717) is 6.61 Å². The number of hydrogen-bond donors (Lipinski definition) is 1. The van der Waals surface area contributed by atoms with Crippen LogP contribution in [0.2, 0.25) is 0 Å². The third-order valence-electron chi connectivity index (χ3n) is 2.26. The van der Waals surface area contributed by atoms with Crippen molar-refractivity contribution in [2.24, 2.45) is 0 Å². The van der Waals surface area contributed by atoms with E-state index >= 15 is 0 Å². The third kappa shape index (κ3) is 2.78. The second kappa shape index (κ2) is 5.07. The molecule has 0 spiro atoms. The van der Waals surface area contributed by atoms with E-state index in [0.717, 1.165) is 31.6 Å². The van der Waals surface area contributed by atoms with Crippen LogP contribution in [0.25, 0.3) is 0 Å². The van der Waals surface area contributed by atoms with Gasteiger partial charge in [-0.15, -0.1) is 0 Å². The topological polar surface area (TPSA) is 60.0 Å². The van der Waals surface area contributed by atoms with Crippen LogP contribution in [0.1, 0.15) is 25.0 Å². The summed E-state index contributed by atoms with van der Waals surface area (Å²) in [5.74, 6) is 0. The van der Waals surface area contributed by atoms with Crippen LogP contribution in [-0.2, 0) is 15.9 Å². The Morgan fingerprint density at radius 1 is 1.57 bits per heavy atom. The molecule has 1 atom stereocenters.